The van der Waals surface area contributed by atoms with Crippen LogP contribution in [0.25, 0.3) is 11.0 Å². The monoisotopic (exact) mass is 412 g/mol. The van der Waals surface area contributed by atoms with E-state index in [9.17, 15) is 9.18 Å². The van der Waals surface area contributed by atoms with Crippen molar-refractivity contribution >= 4 is 33.3 Å². The Labute approximate surface area is 169 Å². The number of aromatic nitrogens is 1. The Hall–Kier alpha value is -3.39. The van der Waals surface area contributed by atoms with Crippen LogP contribution in [0.5, 0.6) is 11.5 Å². The summed E-state index contributed by atoms with van der Waals surface area (Å²) >= 11 is 1.36. The summed E-state index contributed by atoms with van der Waals surface area (Å²) in [4.78, 5) is 18.0. The molecule has 2 heterocycles. The second-order valence-corrected chi connectivity index (χ2v) is 7.36. The molecule has 4 rings (SSSR count). The topological polar surface area (TPSA) is 73.6 Å². The van der Waals surface area contributed by atoms with Crippen LogP contribution >= 0.6 is 11.3 Å². The summed E-state index contributed by atoms with van der Waals surface area (Å²) in [5.41, 5.74) is 1.80. The number of hydrogen-bond donors (Lipinski definition) is 1. The average Bonchev–Trinajstić information content (AvgIpc) is 3.35. The van der Waals surface area contributed by atoms with Crippen LogP contribution in [0.2, 0.25) is 0 Å². The first kappa shape index (κ1) is 18.9. The summed E-state index contributed by atoms with van der Waals surface area (Å²) in [6, 6.07) is 9.69. The van der Waals surface area contributed by atoms with Gasteiger partial charge in [-0.15, -0.1) is 11.3 Å². The Balaban J connectivity index is 1.54. The molecule has 0 unspecified atom stereocenters. The van der Waals surface area contributed by atoms with Gasteiger partial charge in [-0.05, 0) is 17.7 Å². The fourth-order valence-corrected chi connectivity index (χ4v) is 3.81. The molecule has 0 bridgehead atoms. The maximum atomic E-state index is 13.0. The van der Waals surface area contributed by atoms with Gasteiger partial charge in [0.2, 0.25) is 0 Å². The predicted molar refractivity (Wildman–Crippen MR) is 109 cm³/mol. The molecule has 0 aliphatic rings. The number of nitrogens with zero attached hydrogens (tertiary/aromatic N) is 1. The zero-order valence-electron chi connectivity index (χ0n) is 15.7. The van der Waals surface area contributed by atoms with Gasteiger partial charge in [-0.1, -0.05) is 12.1 Å². The maximum Gasteiger partial charge on any atom is 0.261 e. The zero-order valence-corrected chi connectivity index (χ0v) is 16.5. The number of benzene rings is 2. The second kappa shape index (κ2) is 7.92. The van der Waals surface area contributed by atoms with Crippen LogP contribution in [0.3, 0.4) is 0 Å². The van der Waals surface area contributed by atoms with Gasteiger partial charge in [0.1, 0.15) is 29.2 Å². The number of hydrogen-bond acceptors (Lipinski definition) is 6. The third-order valence-electron chi connectivity index (χ3n) is 4.38. The Bertz CT molecular complexity index is 1170. The number of nitrogens with one attached hydrogen (secondary N) is 1. The van der Waals surface area contributed by atoms with Crippen molar-refractivity contribution in [2.75, 3.05) is 19.5 Å². The van der Waals surface area contributed by atoms with Crippen molar-refractivity contribution in [2.45, 2.75) is 6.42 Å². The highest BCUT2D eigenvalue weighted by Gasteiger charge is 2.20. The van der Waals surface area contributed by atoms with Gasteiger partial charge < -0.3 is 13.9 Å². The van der Waals surface area contributed by atoms with Crippen molar-refractivity contribution in [2.24, 2.45) is 0 Å². The summed E-state index contributed by atoms with van der Waals surface area (Å²) in [6.45, 7) is 0. The number of carbonyl (C=O) groups excluding carboxylic acids is 1. The molecule has 0 saturated carbocycles. The van der Waals surface area contributed by atoms with E-state index in [1.807, 2.05) is 0 Å². The fourth-order valence-electron chi connectivity index (χ4n) is 2.97. The summed E-state index contributed by atoms with van der Waals surface area (Å²) < 4.78 is 29.2. The fraction of sp³-hybridized carbons (Fsp3) is 0.143. The lowest BCUT2D eigenvalue weighted by atomic mass is 10.1. The molecule has 0 fully saturated rings. The number of fused-ring (bicyclic) bond motifs is 1. The molecule has 148 valence electrons. The number of anilines is 1. The molecule has 0 aliphatic heterocycles. The standard InChI is InChI=1S/C21H17FN2O4S/c1-26-14-8-17(27-2)19-16(11-28-18(19)9-14)20(25)24-21-23-10-15(29-21)7-12-3-5-13(22)6-4-12/h3-6,8-11H,7H2,1-2H3,(H,23,24,25). The van der Waals surface area contributed by atoms with E-state index in [0.29, 0.717) is 39.6 Å². The molecule has 1 amide bonds. The molecule has 6 nitrogen and oxygen atoms in total. The van der Waals surface area contributed by atoms with E-state index in [1.54, 1.807) is 37.6 Å². The zero-order chi connectivity index (χ0) is 20.4. The minimum absolute atomic E-state index is 0.272. The highest BCUT2D eigenvalue weighted by Crippen LogP contribution is 2.35. The molecular formula is C21H17FN2O4S. The number of thiazole rings is 1. The van der Waals surface area contributed by atoms with Gasteiger partial charge >= 0.3 is 0 Å². The molecule has 0 saturated heterocycles. The Morgan fingerprint density at radius 1 is 1.21 bits per heavy atom. The van der Waals surface area contributed by atoms with Crippen LogP contribution in [-0.4, -0.2) is 25.1 Å². The van der Waals surface area contributed by atoms with Crippen molar-refractivity contribution in [1.29, 1.82) is 0 Å². The van der Waals surface area contributed by atoms with E-state index in [-0.39, 0.29) is 11.7 Å². The van der Waals surface area contributed by atoms with Crippen LogP contribution in [0, 0.1) is 5.82 Å². The summed E-state index contributed by atoms with van der Waals surface area (Å²) in [5.74, 6) is 0.427. The first-order valence-electron chi connectivity index (χ1n) is 8.71. The first-order valence-corrected chi connectivity index (χ1v) is 9.52. The van der Waals surface area contributed by atoms with Gasteiger partial charge in [0.15, 0.2) is 5.13 Å². The second-order valence-electron chi connectivity index (χ2n) is 6.24. The van der Waals surface area contributed by atoms with Crippen LogP contribution in [0.1, 0.15) is 20.8 Å². The van der Waals surface area contributed by atoms with E-state index in [4.69, 9.17) is 13.9 Å². The normalized spacial score (nSPS) is 10.9. The molecular weight excluding hydrogens is 395 g/mol. The molecule has 4 aromatic rings. The predicted octanol–water partition coefficient (Wildman–Crippen LogP) is 4.89. The molecule has 1 N–H and O–H groups in total. The van der Waals surface area contributed by atoms with Crippen molar-refractivity contribution in [3.8, 4) is 11.5 Å². The third kappa shape index (κ3) is 3.93. The number of methoxy groups -OCH3 is 2. The van der Waals surface area contributed by atoms with Crippen molar-refractivity contribution < 1.29 is 23.1 Å². The number of ether oxygens (including phenoxy) is 2. The lowest BCUT2D eigenvalue weighted by Crippen LogP contribution is -2.11. The van der Waals surface area contributed by atoms with E-state index in [2.05, 4.69) is 10.3 Å². The molecule has 0 spiro atoms. The van der Waals surface area contributed by atoms with Gasteiger partial charge in [-0.25, -0.2) is 9.37 Å². The van der Waals surface area contributed by atoms with E-state index >= 15 is 0 Å². The minimum atomic E-state index is -0.352. The number of carbonyl (C=O) groups is 1. The van der Waals surface area contributed by atoms with E-state index < -0.39 is 0 Å². The van der Waals surface area contributed by atoms with Crippen LogP contribution in [0.4, 0.5) is 9.52 Å². The van der Waals surface area contributed by atoms with E-state index in [1.165, 1.54) is 36.8 Å². The van der Waals surface area contributed by atoms with Crippen molar-refractivity contribution in [3.63, 3.8) is 0 Å². The molecule has 2 aromatic heterocycles. The number of amides is 1. The Morgan fingerprint density at radius 3 is 2.72 bits per heavy atom. The van der Waals surface area contributed by atoms with Gasteiger partial charge in [0.25, 0.3) is 5.91 Å². The van der Waals surface area contributed by atoms with Gasteiger partial charge in [0, 0.05) is 29.6 Å². The van der Waals surface area contributed by atoms with Crippen LogP contribution in [-0.2, 0) is 6.42 Å². The highest BCUT2D eigenvalue weighted by atomic mass is 32.1. The number of halogens is 1. The first-order chi connectivity index (χ1) is 14.1. The smallest absolute Gasteiger partial charge is 0.261 e. The quantitative estimate of drug-likeness (QED) is 0.488. The van der Waals surface area contributed by atoms with Crippen molar-refractivity contribution in [1.82, 2.24) is 4.98 Å². The van der Waals surface area contributed by atoms with Gasteiger partial charge in [-0.2, -0.15) is 0 Å². The lowest BCUT2D eigenvalue weighted by Gasteiger charge is -2.06. The molecule has 29 heavy (non-hydrogen) atoms. The average molecular weight is 412 g/mol. The van der Waals surface area contributed by atoms with E-state index in [0.717, 1.165) is 10.4 Å². The van der Waals surface area contributed by atoms with Crippen LogP contribution < -0.4 is 14.8 Å². The largest absolute Gasteiger partial charge is 0.496 e. The van der Waals surface area contributed by atoms with Crippen molar-refractivity contribution in [3.05, 3.63) is 70.7 Å². The van der Waals surface area contributed by atoms with Gasteiger partial charge in [0.05, 0.1) is 25.2 Å². The maximum absolute atomic E-state index is 13.0. The third-order valence-corrected chi connectivity index (χ3v) is 5.29. The van der Waals surface area contributed by atoms with Gasteiger partial charge in [-0.3, -0.25) is 10.1 Å². The number of rotatable bonds is 6. The highest BCUT2D eigenvalue weighted by molar-refractivity contribution is 7.15. The molecule has 0 radical (unpaired) electrons. The summed E-state index contributed by atoms with van der Waals surface area (Å²) in [7, 11) is 3.06. The number of furan rings is 1. The Kier molecular flexibility index (Phi) is 5.18. The summed E-state index contributed by atoms with van der Waals surface area (Å²) in [5, 5.41) is 3.82. The SMILES string of the molecule is COc1cc(OC)c2c(C(=O)Nc3ncc(Cc4ccc(F)cc4)s3)coc2c1. The Morgan fingerprint density at radius 2 is 2.00 bits per heavy atom. The minimum Gasteiger partial charge on any atom is -0.496 e. The summed E-state index contributed by atoms with van der Waals surface area (Å²) in [6.07, 6.45) is 3.69. The van der Waals surface area contributed by atoms with Crippen LogP contribution in [0.15, 0.2) is 53.3 Å². The molecule has 8 heteroatoms. The molecule has 2 aromatic carbocycles. The molecule has 0 atom stereocenters. The lowest BCUT2D eigenvalue weighted by molar-refractivity contribution is 0.102. The molecule has 0 aliphatic carbocycles.